The van der Waals surface area contributed by atoms with Gasteiger partial charge in [-0.3, -0.25) is 9.59 Å². The van der Waals surface area contributed by atoms with Crippen LogP contribution < -0.4 is 10.6 Å². The lowest BCUT2D eigenvalue weighted by Gasteiger charge is -2.32. The standard InChI is InChI=1S/C46H56BN4O2/c1-11-33-12-16-35(17-13-33)43(52)48-41-28-24-39(25-29-41)45(2,3)37-20-22-38(23-21-37)46(4,5)40-26-30-42(31-27-40)49-44(53)36-18-14-34(15-19-36)32-51(9,10)47-50(6,7)8/h12-31H,11,32H2,1-10H3,(H,48,52)(H,49,53)/q+2. The lowest BCUT2D eigenvalue weighted by atomic mass is 9.74. The van der Waals surface area contributed by atoms with Gasteiger partial charge in [0.2, 0.25) is 0 Å². The first kappa shape index (κ1) is 39.2. The van der Waals surface area contributed by atoms with Crippen LogP contribution in [0, 0.1) is 0 Å². The van der Waals surface area contributed by atoms with Crippen molar-refractivity contribution >= 4 is 30.7 Å². The third-order valence-corrected chi connectivity index (χ3v) is 10.1. The van der Waals surface area contributed by atoms with E-state index >= 15 is 0 Å². The number of aryl methyl sites for hydroxylation is 1. The summed E-state index contributed by atoms with van der Waals surface area (Å²) in [5.74, 6) is -0.228. The fraction of sp³-hybridized carbons (Fsp3) is 0.304. The largest absolute Gasteiger partial charge is 0.791 e. The van der Waals surface area contributed by atoms with Gasteiger partial charge in [0.25, 0.3) is 11.8 Å². The number of carbonyl (C=O) groups excluding carboxylic acids is 2. The topological polar surface area (TPSA) is 58.2 Å². The molecule has 1 radical (unpaired) electrons. The Bertz CT molecular complexity index is 2010. The Kier molecular flexibility index (Phi) is 11.5. The second kappa shape index (κ2) is 15.6. The smallest absolute Gasteiger partial charge is 0.337 e. The summed E-state index contributed by atoms with van der Waals surface area (Å²) in [6.45, 7) is 11.9. The van der Waals surface area contributed by atoms with Crippen molar-refractivity contribution in [2.75, 3.05) is 45.9 Å². The number of benzene rings is 5. The van der Waals surface area contributed by atoms with Crippen molar-refractivity contribution in [1.82, 2.24) is 0 Å². The van der Waals surface area contributed by atoms with Gasteiger partial charge >= 0.3 is 7.55 Å². The molecule has 0 aromatic heterocycles. The van der Waals surface area contributed by atoms with Crippen molar-refractivity contribution in [2.45, 2.75) is 58.4 Å². The number of rotatable bonds is 13. The van der Waals surface area contributed by atoms with Crippen molar-refractivity contribution in [2.24, 2.45) is 0 Å². The zero-order valence-corrected chi connectivity index (χ0v) is 33.2. The van der Waals surface area contributed by atoms with Gasteiger partial charge in [0.1, 0.15) is 0 Å². The zero-order chi connectivity index (χ0) is 38.6. The monoisotopic (exact) mass is 707 g/mol. The molecule has 0 atom stereocenters. The second-order valence-corrected chi connectivity index (χ2v) is 16.8. The molecular formula is C46H56BN4O2+2. The SMILES string of the molecule is CCc1ccc(C(=O)Nc2ccc(C(C)(C)c3ccc(C(C)(C)c4ccc(NC(=O)c5ccc(C[N+](C)(C)[B][N+](C)(C)C)cc5)cc4)cc3)cc2)cc1. The lowest BCUT2D eigenvalue weighted by molar-refractivity contribution is -0.888. The van der Waals surface area contributed by atoms with Gasteiger partial charge in [0.15, 0.2) is 0 Å². The maximum Gasteiger partial charge on any atom is 0.791 e. The fourth-order valence-corrected chi connectivity index (χ4v) is 7.09. The van der Waals surface area contributed by atoms with Crippen LogP contribution in [-0.2, 0) is 23.8 Å². The van der Waals surface area contributed by atoms with Crippen LogP contribution in [0.15, 0.2) is 121 Å². The van der Waals surface area contributed by atoms with Gasteiger partial charge in [0.05, 0.1) is 41.8 Å². The van der Waals surface area contributed by atoms with Crippen molar-refractivity contribution in [1.29, 1.82) is 0 Å². The average Bonchev–Trinajstić information content (AvgIpc) is 3.11. The first-order chi connectivity index (χ1) is 24.9. The Hall–Kier alpha value is -4.98. The highest BCUT2D eigenvalue weighted by Crippen LogP contribution is 2.36. The summed E-state index contributed by atoms with van der Waals surface area (Å²) in [5, 5.41) is 6.09. The second-order valence-electron chi connectivity index (χ2n) is 16.8. The minimum absolute atomic E-state index is 0.108. The summed E-state index contributed by atoms with van der Waals surface area (Å²) in [5.41, 5.74) is 9.50. The Morgan fingerprint density at radius 3 is 1.15 bits per heavy atom. The zero-order valence-electron chi connectivity index (χ0n) is 33.2. The molecule has 7 heteroatoms. The molecule has 0 spiro atoms. The Morgan fingerprint density at radius 1 is 0.509 bits per heavy atom. The van der Waals surface area contributed by atoms with Gasteiger partial charge in [-0.2, -0.15) is 0 Å². The Morgan fingerprint density at radius 2 is 0.830 bits per heavy atom. The van der Waals surface area contributed by atoms with E-state index in [-0.39, 0.29) is 22.6 Å². The van der Waals surface area contributed by atoms with Gasteiger partial charge in [-0.05, 0) is 82.8 Å². The highest BCUT2D eigenvalue weighted by Gasteiger charge is 2.36. The molecule has 0 unspecified atom stereocenters. The molecule has 53 heavy (non-hydrogen) atoms. The molecule has 2 N–H and O–H groups in total. The molecule has 0 saturated carbocycles. The molecule has 0 heterocycles. The molecule has 0 bridgehead atoms. The molecule has 5 aromatic carbocycles. The van der Waals surface area contributed by atoms with Crippen molar-refractivity contribution in [3.05, 3.63) is 166 Å². The van der Waals surface area contributed by atoms with Gasteiger partial charge in [-0.15, -0.1) is 0 Å². The molecule has 0 aliphatic heterocycles. The number of nitrogens with zero attached hydrogens (tertiary/aromatic N) is 2. The van der Waals surface area contributed by atoms with Crippen LogP contribution in [0.1, 0.15) is 88.7 Å². The summed E-state index contributed by atoms with van der Waals surface area (Å²) in [4.78, 5) is 25.9. The fourth-order valence-electron chi connectivity index (χ4n) is 7.09. The molecule has 0 saturated heterocycles. The maximum atomic E-state index is 13.1. The third-order valence-electron chi connectivity index (χ3n) is 10.1. The number of nitrogens with one attached hydrogen (secondary N) is 2. The van der Waals surface area contributed by atoms with Crippen molar-refractivity contribution in [3.63, 3.8) is 0 Å². The number of carbonyl (C=O) groups is 2. The Labute approximate surface area is 318 Å². The van der Waals surface area contributed by atoms with Crippen LogP contribution >= 0.6 is 0 Å². The normalized spacial score (nSPS) is 12.3. The summed E-state index contributed by atoms with van der Waals surface area (Å²) in [6.07, 6.45) is 0.947. The number of amides is 2. The van der Waals surface area contributed by atoms with E-state index < -0.39 is 0 Å². The molecule has 273 valence electrons. The van der Waals surface area contributed by atoms with Crippen molar-refractivity contribution < 1.29 is 18.4 Å². The summed E-state index contributed by atoms with van der Waals surface area (Å²) in [7, 11) is 13.1. The number of hydrogen-bond acceptors (Lipinski definition) is 2. The van der Waals surface area contributed by atoms with E-state index in [1.54, 1.807) is 0 Å². The van der Waals surface area contributed by atoms with E-state index in [0.29, 0.717) is 11.1 Å². The molecule has 5 rings (SSSR count). The van der Waals surface area contributed by atoms with Crippen LogP contribution in [0.3, 0.4) is 0 Å². The van der Waals surface area contributed by atoms with Crippen molar-refractivity contribution in [3.8, 4) is 0 Å². The van der Waals surface area contributed by atoms with Crippen LogP contribution in [0.4, 0.5) is 11.4 Å². The van der Waals surface area contributed by atoms with E-state index in [2.05, 4.69) is 137 Å². The lowest BCUT2D eigenvalue weighted by Crippen LogP contribution is -2.56. The quantitative estimate of drug-likeness (QED) is 0.120. The van der Waals surface area contributed by atoms with Gasteiger partial charge in [-0.1, -0.05) is 107 Å². The minimum atomic E-state index is -0.243. The highest BCUT2D eigenvalue weighted by atomic mass is 16.2. The Balaban J connectivity index is 1.20. The first-order valence-electron chi connectivity index (χ1n) is 18.5. The van der Waals surface area contributed by atoms with E-state index in [4.69, 9.17) is 0 Å². The molecule has 5 aromatic rings. The van der Waals surface area contributed by atoms with Crippen LogP contribution in [0.25, 0.3) is 0 Å². The van der Waals surface area contributed by atoms with E-state index in [1.165, 1.54) is 27.8 Å². The molecular weight excluding hydrogens is 651 g/mol. The summed E-state index contributed by atoms with van der Waals surface area (Å²) >= 11 is 0. The predicted molar refractivity (Wildman–Crippen MR) is 221 cm³/mol. The molecule has 0 aliphatic carbocycles. The highest BCUT2D eigenvalue weighted by molar-refractivity contribution is 6.16. The van der Waals surface area contributed by atoms with E-state index in [1.807, 2.05) is 72.8 Å². The van der Waals surface area contributed by atoms with Gasteiger partial charge in [0, 0.05) is 38.9 Å². The van der Waals surface area contributed by atoms with Crippen LogP contribution in [0.2, 0.25) is 0 Å². The average molecular weight is 708 g/mol. The minimum Gasteiger partial charge on any atom is -0.337 e. The predicted octanol–water partition coefficient (Wildman–Crippen LogP) is 9.22. The maximum absolute atomic E-state index is 13.1. The molecule has 0 fully saturated rings. The first-order valence-corrected chi connectivity index (χ1v) is 18.5. The summed E-state index contributed by atoms with van der Waals surface area (Å²) in [6, 6.07) is 40.8. The number of quaternary nitrogens is 2. The molecule has 2 amide bonds. The molecule has 6 nitrogen and oxygen atoms in total. The van der Waals surface area contributed by atoms with Crippen LogP contribution in [-0.4, -0.2) is 63.4 Å². The van der Waals surface area contributed by atoms with Gasteiger partial charge in [-0.25, -0.2) is 0 Å². The number of hydrogen-bond donors (Lipinski definition) is 2. The van der Waals surface area contributed by atoms with Gasteiger partial charge < -0.3 is 19.4 Å². The van der Waals surface area contributed by atoms with E-state index in [9.17, 15) is 9.59 Å². The number of anilines is 2. The van der Waals surface area contributed by atoms with Crippen LogP contribution in [0.5, 0.6) is 0 Å². The molecule has 0 aliphatic rings. The van der Waals surface area contributed by atoms with E-state index in [0.717, 1.165) is 38.7 Å². The third kappa shape index (κ3) is 9.92. The summed E-state index contributed by atoms with van der Waals surface area (Å²) < 4.78 is 1.51.